The predicted molar refractivity (Wildman–Crippen MR) is 184 cm³/mol. The van der Waals surface area contributed by atoms with Crippen LogP contribution in [0, 0.1) is 0 Å². The van der Waals surface area contributed by atoms with Crippen LogP contribution in [0.4, 0.5) is 0 Å². The summed E-state index contributed by atoms with van der Waals surface area (Å²) >= 11 is 0. The molecule has 0 aromatic carbocycles. The van der Waals surface area contributed by atoms with E-state index in [0.717, 1.165) is 70.8 Å². The third-order valence-electron chi connectivity index (χ3n) is 8.75. The predicted octanol–water partition coefficient (Wildman–Crippen LogP) is 7.42. The number of esters is 3. The molecule has 0 N–H and O–H groups in total. The van der Waals surface area contributed by atoms with Gasteiger partial charge in [0, 0.05) is 32.4 Å². The third-order valence-corrected chi connectivity index (χ3v) is 8.75. The number of piperidine rings is 1. The summed E-state index contributed by atoms with van der Waals surface area (Å²) in [5.74, 6) is -0.356. The number of ketones is 1. The molecule has 1 heterocycles. The third kappa shape index (κ3) is 23.3. The number of hydrogen-bond donors (Lipinski definition) is 0. The largest absolute Gasteiger partial charge is 0.466 e. The van der Waals surface area contributed by atoms with Crippen molar-refractivity contribution in [3.8, 4) is 0 Å². The molecule has 0 spiro atoms. The van der Waals surface area contributed by atoms with Crippen molar-refractivity contribution < 1.29 is 33.4 Å². The maximum Gasteiger partial charge on any atom is 0.323 e. The molecule has 0 aliphatic carbocycles. The quantitative estimate of drug-likeness (QED) is 0.0464. The number of carbonyl (C=O) groups excluding carboxylic acids is 4. The van der Waals surface area contributed by atoms with E-state index in [1.165, 1.54) is 44.9 Å². The average Bonchev–Trinajstić information content (AvgIpc) is 3.02. The molecule has 1 saturated heterocycles. The van der Waals surface area contributed by atoms with Crippen molar-refractivity contribution >= 4 is 23.7 Å². The van der Waals surface area contributed by atoms with Crippen LogP contribution in [0.2, 0.25) is 0 Å². The number of nitrogens with zero attached hydrogens (tertiary/aromatic N) is 2. The number of rotatable bonds is 29. The summed E-state index contributed by atoms with van der Waals surface area (Å²) in [4.78, 5) is 52.9. The van der Waals surface area contributed by atoms with Gasteiger partial charge < -0.3 is 23.9 Å². The molecule has 1 aliphatic heterocycles. The molecular weight excluding hydrogens is 584 g/mol. The Kier molecular flexibility index (Phi) is 25.6. The van der Waals surface area contributed by atoms with E-state index in [2.05, 4.69) is 11.8 Å². The Balaban J connectivity index is 2.35. The molecule has 2 atom stereocenters. The lowest BCUT2D eigenvalue weighted by molar-refractivity contribution is -0.161. The molecule has 46 heavy (non-hydrogen) atoms. The van der Waals surface area contributed by atoms with E-state index in [-0.39, 0.29) is 29.8 Å². The zero-order valence-corrected chi connectivity index (χ0v) is 30.0. The van der Waals surface area contributed by atoms with E-state index in [1.807, 2.05) is 19.0 Å². The first kappa shape index (κ1) is 42.0. The van der Waals surface area contributed by atoms with Gasteiger partial charge in [-0.05, 0) is 66.1 Å². The van der Waals surface area contributed by atoms with E-state index < -0.39 is 6.04 Å². The van der Waals surface area contributed by atoms with Gasteiger partial charge in [0.25, 0.3) is 0 Å². The summed E-state index contributed by atoms with van der Waals surface area (Å²) in [5, 5.41) is 0. The molecule has 1 aliphatic rings. The normalized spacial score (nSPS) is 16.8. The lowest BCUT2D eigenvalue weighted by Gasteiger charge is -2.37. The summed E-state index contributed by atoms with van der Waals surface area (Å²) in [6, 6.07) is -0.433. The molecule has 0 amide bonds. The van der Waals surface area contributed by atoms with Gasteiger partial charge in [-0.1, -0.05) is 84.0 Å². The fourth-order valence-corrected chi connectivity index (χ4v) is 5.87. The number of Topliss-reactive ketones (excluding diaryl/α,β-unsaturated/α-hetero) is 1. The molecule has 9 nitrogen and oxygen atoms in total. The number of carbonyl (C=O) groups is 4. The average molecular weight is 653 g/mol. The first-order valence-corrected chi connectivity index (χ1v) is 18.6. The van der Waals surface area contributed by atoms with Crippen molar-refractivity contribution in [1.29, 1.82) is 0 Å². The van der Waals surface area contributed by atoms with Gasteiger partial charge >= 0.3 is 17.9 Å². The van der Waals surface area contributed by atoms with Crippen molar-refractivity contribution in [3.63, 3.8) is 0 Å². The topological polar surface area (TPSA) is 102 Å². The van der Waals surface area contributed by atoms with Gasteiger partial charge in [0.2, 0.25) is 0 Å². The highest BCUT2D eigenvalue weighted by Gasteiger charge is 2.35. The van der Waals surface area contributed by atoms with Crippen LogP contribution in [0.15, 0.2) is 0 Å². The minimum atomic E-state index is -0.433. The Hall–Kier alpha value is -2.00. The standard InChI is InChI=1S/C37H68N2O7/c1-5-6-7-8-9-10-11-14-20-29-44-35(41)23-18-16-19-26-39-28-24-33(46-36(42)25-27-38(3)4)31-34(39)37(43)45-30-21-15-12-13-17-22-32(2)40/h33-34H,5-31H2,1-4H3/t33?,34-/m0/s1. The lowest BCUT2D eigenvalue weighted by atomic mass is 9.98. The van der Waals surface area contributed by atoms with Gasteiger partial charge in [-0.2, -0.15) is 0 Å². The van der Waals surface area contributed by atoms with Crippen molar-refractivity contribution in [1.82, 2.24) is 9.80 Å². The van der Waals surface area contributed by atoms with E-state index in [4.69, 9.17) is 14.2 Å². The van der Waals surface area contributed by atoms with Gasteiger partial charge in [0.05, 0.1) is 19.6 Å². The molecule has 0 bridgehead atoms. The van der Waals surface area contributed by atoms with E-state index in [9.17, 15) is 19.2 Å². The van der Waals surface area contributed by atoms with Crippen LogP contribution in [0.3, 0.4) is 0 Å². The first-order chi connectivity index (χ1) is 22.2. The SMILES string of the molecule is CCCCCCCCCCCOC(=O)CCCCCN1CCC(OC(=O)CCN(C)C)C[C@H]1C(=O)OCCCCCCCC(C)=O. The Bertz CT molecular complexity index is 820. The first-order valence-electron chi connectivity index (χ1n) is 18.6. The Morgan fingerprint density at radius 1 is 0.674 bits per heavy atom. The summed E-state index contributed by atoms with van der Waals surface area (Å²) < 4.78 is 16.9. The van der Waals surface area contributed by atoms with Gasteiger partial charge in [0.15, 0.2) is 0 Å². The van der Waals surface area contributed by atoms with Crippen LogP contribution in [0.1, 0.15) is 155 Å². The highest BCUT2D eigenvalue weighted by molar-refractivity contribution is 5.76. The van der Waals surface area contributed by atoms with E-state index in [1.54, 1.807) is 6.92 Å². The fraction of sp³-hybridized carbons (Fsp3) is 0.892. The second kappa shape index (κ2) is 28.1. The number of unbranched alkanes of at least 4 members (excludes halogenated alkanes) is 14. The van der Waals surface area contributed by atoms with Crippen LogP contribution >= 0.6 is 0 Å². The summed E-state index contributed by atoms with van der Waals surface area (Å²) in [6.07, 6.45) is 20.7. The maximum atomic E-state index is 13.2. The summed E-state index contributed by atoms with van der Waals surface area (Å²) in [5.41, 5.74) is 0. The van der Waals surface area contributed by atoms with Crippen molar-refractivity contribution in [2.45, 2.75) is 167 Å². The zero-order chi connectivity index (χ0) is 33.8. The van der Waals surface area contributed by atoms with Crippen LogP contribution < -0.4 is 0 Å². The van der Waals surface area contributed by atoms with Gasteiger partial charge in [-0.3, -0.25) is 19.3 Å². The van der Waals surface area contributed by atoms with E-state index >= 15 is 0 Å². The molecule has 0 aromatic heterocycles. The Morgan fingerprint density at radius 3 is 1.87 bits per heavy atom. The molecule has 9 heteroatoms. The molecule has 268 valence electrons. The summed E-state index contributed by atoms with van der Waals surface area (Å²) in [6.45, 7) is 6.80. The highest BCUT2D eigenvalue weighted by Crippen LogP contribution is 2.23. The van der Waals surface area contributed by atoms with Crippen molar-refractivity contribution in [3.05, 3.63) is 0 Å². The van der Waals surface area contributed by atoms with E-state index in [0.29, 0.717) is 58.4 Å². The minimum Gasteiger partial charge on any atom is -0.466 e. The smallest absolute Gasteiger partial charge is 0.323 e. The van der Waals surface area contributed by atoms with Crippen molar-refractivity contribution in [2.75, 3.05) is 46.9 Å². The number of ether oxygens (including phenoxy) is 3. The Labute approximate surface area is 280 Å². The number of likely N-dealkylation sites (tertiary alicyclic amines) is 1. The molecule has 0 aromatic rings. The molecule has 0 radical (unpaired) electrons. The summed E-state index contributed by atoms with van der Waals surface area (Å²) in [7, 11) is 3.84. The number of hydrogen-bond acceptors (Lipinski definition) is 9. The zero-order valence-electron chi connectivity index (χ0n) is 30.0. The second-order valence-corrected chi connectivity index (χ2v) is 13.5. The van der Waals surface area contributed by atoms with Crippen LogP contribution in [0.25, 0.3) is 0 Å². The van der Waals surface area contributed by atoms with Gasteiger partial charge in [-0.15, -0.1) is 0 Å². The molecular formula is C37H68N2O7. The lowest BCUT2D eigenvalue weighted by Crippen LogP contribution is -2.50. The maximum absolute atomic E-state index is 13.2. The molecule has 1 rings (SSSR count). The van der Waals surface area contributed by atoms with Crippen LogP contribution in [-0.4, -0.2) is 92.6 Å². The Morgan fingerprint density at radius 2 is 1.24 bits per heavy atom. The van der Waals surface area contributed by atoms with Crippen LogP contribution in [-0.2, 0) is 33.4 Å². The minimum absolute atomic E-state index is 0.114. The fourth-order valence-electron chi connectivity index (χ4n) is 5.87. The van der Waals surface area contributed by atoms with Crippen molar-refractivity contribution in [2.24, 2.45) is 0 Å². The van der Waals surface area contributed by atoms with Crippen LogP contribution in [0.5, 0.6) is 0 Å². The highest BCUT2D eigenvalue weighted by atomic mass is 16.5. The van der Waals surface area contributed by atoms with Gasteiger partial charge in [-0.25, -0.2) is 0 Å². The molecule has 1 unspecified atom stereocenters. The monoisotopic (exact) mass is 653 g/mol. The van der Waals surface area contributed by atoms with Gasteiger partial charge in [0.1, 0.15) is 17.9 Å². The molecule has 0 saturated carbocycles. The second-order valence-electron chi connectivity index (χ2n) is 13.5. The molecule has 1 fully saturated rings.